The molecule has 1 aromatic carbocycles. The van der Waals surface area contributed by atoms with Gasteiger partial charge in [0.05, 0.1) is 17.7 Å². The lowest BCUT2D eigenvalue weighted by Crippen LogP contribution is -2.67. The van der Waals surface area contributed by atoms with Gasteiger partial charge in [-0.15, -0.1) is 0 Å². The average Bonchev–Trinajstić information content (AvgIpc) is 3.21. The predicted molar refractivity (Wildman–Crippen MR) is 125 cm³/mol. The van der Waals surface area contributed by atoms with Gasteiger partial charge >= 0.3 is 6.09 Å². The molecule has 2 heterocycles. The van der Waals surface area contributed by atoms with E-state index in [1.54, 1.807) is 25.7 Å². The molecule has 3 aliphatic rings. The highest BCUT2D eigenvalue weighted by Gasteiger charge is 2.48. The first-order valence-corrected chi connectivity index (χ1v) is 12.4. The summed E-state index contributed by atoms with van der Waals surface area (Å²) in [5.41, 5.74) is 2.57. The molecule has 8 nitrogen and oxygen atoms in total. The molecule has 4 rings (SSSR count). The number of hydrogen-bond acceptors (Lipinski definition) is 6. The zero-order chi connectivity index (χ0) is 25.5. The standard InChI is InChI=1S/C25H36F2N4O4/c1-15-12-30(24(33)35-23-8-6-19(26)10-20(23)27)22-9-17(5-7-21(22)31(15)16(2)32)18-11-28-29(13-18)14-25(3,4)34/h6,8,10,15,17-18,21-22,28,34H,5,7,9,11-14H2,1-4H3/t15-,17?,18?,21?,22?/m0/s1. The quantitative estimate of drug-likeness (QED) is 0.670. The third kappa shape index (κ3) is 5.76. The van der Waals surface area contributed by atoms with Crippen molar-refractivity contribution in [3.8, 4) is 5.75 Å². The molecule has 5 atom stereocenters. The van der Waals surface area contributed by atoms with Gasteiger partial charge < -0.3 is 19.6 Å². The molecular formula is C25H36F2N4O4. The van der Waals surface area contributed by atoms with E-state index in [0.717, 1.165) is 38.1 Å². The number of nitrogens with zero attached hydrogens (tertiary/aromatic N) is 3. The van der Waals surface area contributed by atoms with Gasteiger partial charge in [-0.3, -0.25) is 10.2 Å². The highest BCUT2D eigenvalue weighted by atomic mass is 19.1. The van der Waals surface area contributed by atoms with Crippen molar-refractivity contribution in [2.45, 2.75) is 70.7 Å². The van der Waals surface area contributed by atoms with Crippen LogP contribution in [0.25, 0.3) is 0 Å². The van der Waals surface area contributed by atoms with Crippen molar-refractivity contribution in [2.75, 3.05) is 26.2 Å². The van der Waals surface area contributed by atoms with Crippen molar-refractivity contribution in [1.82, 2.24) is 20.2 Å². The van der Waals surface area contributed by atoms with Crippen LogP contribution in [0.1, 0.15) is 47.0 Å². The molecule has 0 aromatic heterocycles. The summed E-state index contributed by atoms with van der Waals surface area (Å²) in [6.45, 7) is 9.39. The van der Waals surface area contributed by atoms with Crippen molar-refractivity contribution in [2.24, 2.45) is 11.8 Å². The van der Waals surface area contributed by atoms with Gasteiger partial charge in [0.2, 0.25) is 5.91 Å². The van der Waals surface area contributed by atoms with E-state index in [2.05, 4.69) is 5.43 Å². The summed E-state index contributed by atoms with van der Waals surface area (Å²) in [5.74, 6) is -1.36. The zero-order valence-corrected chi connectivity index (χ0v) is 20.8. The van der Waals surface area contributed by atoms with Crippen LogP contribution < -0.4 is 10.2 Å². The molecular weight excluding hydrogens is 458 g/mol. The van der Waals surface area contributed by atoms with E-state index in [-0.39, 0.29) is 36.3 Å². The number of β-amino-alcohol motifs (C(OH)–C–C–N with tert-alkyl or cyclic N) is 1. The van der Waals surface area contributed by atoms with Gasteiger partial charge in [0.15, 0.2) is 11.6 Å². The Morgan fingerprint density at radius 3 is 2.57 bits per heavy atom. The van der Waals surface area contributed by atoms with Gasteiger partial charge in [-0.1, -0.05) is 0 Å². The van der Waals surface area contributed by atoms with Gasteiger partial charge in [0, 0.05) is 45.2 Å². The highest BCUT2D eigenvalue weighted by Crippen LogP contribution is 2.40. The van der Waals surface area contributed by atoms with Crippen LogP contribution in [0.15, 0.2) is 18.2 Å². The Balaban J connectivity index is 1.51. The number of amides is 2. The van der Waals surface area contributed by atoms with E-state index in [9.17, 15) is 23.5 Å². The van der Waals surface area contributed by atoms with Gasteiger partial charge in [-0.05, 0) is 64.0 Å². The summed E-state index contributed by atoms with van der Waals surface area (Å²) >= 11 is 0. The molecule has 35 heavy (non-hydrogen) atoms. The molecule has 2 aliphatic heterocycles. The molecule has 0 spiro atoms. The lowest BCUT2D eigenvalue weighted by atomic mass is 9.73. The number of fused-ring (bicyclic) bond motifs is 1. The summed E-state index contributed by atoms with van der Waals surface area (Å²) in [7, 11) is 0. The Morgan fingerprint density at radius 2 is 1.91 bits per heavy atom. The molecule has 10 heteroatoms. The minimum absolute atomic E-state index is 0.0255. The van der Waals surface area contributed by atoms with E-state index in [0.29, 0.717) is 30.9 Å². The number of halogens is 2. The number of hydrazine groups is 1. The number of ether oxygens (including phenoxy) is 1. The normalized spacial score (nSPS) is 29.7. The van der Waals surface area contributed by atoms with Crippen LogP contribution >= 0.6 is 0 Å². The third-order valence-electron chi connectivity index (χ3n) is 7.48. The molecule has 2 amide bonds. The number of rotatable bonds is 4. The number of benzene rings is 1. The first-order valence-electron chi connectivity index (χ1n) is 12.4. The molecule has 2 saturated heterocycles. The second-order valence-corrected chi connectivity index (χ2v) is 10.9. The first kappa shape index (κ1) is 25.8. The van der Waals surface area contributed by atoms with Crippen LogP contribution in [0.2, 0.25) is 0 Å². The van der Waals surface area contributed by atoms with Crippen molar-refractivity contribution in [3.63, 3.8) is 0 Å². The number of carbonyl (C=O) groups is 2. The molecule has 1 saturated carbocycles. The molecule has 2 N–H and O–H groups in total. The summed E-state index contributed by atoms with van der Waals surface area (Å²) < 4.78 is 32.8. The van der Waals surface area contributed by atoms with E-state index in [4.69, 9.17) is 4.74 Å². The fourth-order valence-electron chi connectivity index (χ4n) is 6.11. The van der Waals surface area contributed by atoms with Crippen LogP contribution in [-0.2, 0) is 4.79 Å². The number of aliphatic hydroxyl groups is 1. The largest absolute Gasteiger partial charge is 0.415 e. The lowest BCUT2D eigenvalue weighted by molar-refractivity contribution is -0.142. The molecule has 3 fully saturated rings. The van der Waals surface area contributed by atoms with E-state index < -0.39 is 23.3 Å². The van der Waals surface area contributed by atoms with Crippen molar-refractivity contribution < 1.29 is 28.2 Å². The number of carbonyl (C=O) groups excluding carboxylic acids is 2. The Bertz CT molecular complexity index is 956. The monoisotopic (exact) mass is 494 g/mol. The maximum atomic E-state index is 14.2. The molecule has 0 radical (unpaired) electrons. The number of nitrogens with one attached hydrogen (secondary N) is 1. The first-order chi connectivity index (χ1) is 16.4. The van der Waals surface area contributed by atoms with Gasteiger partial charge in [-0.25, -0.2) is 18.6 Å². The fraction of sp³-hybridized carbons (Fsp3) is 0.680. The van der Waals surface area contributed by atoms with Crippen LogP contribution in [0.5, 0.6) is 5.75 Å². The Hall–Kier alpha value is -2.30. The van der Waals surface area contributed by atoms with Crippen LogP contribution in [0.4, 0.5) is 13.6 Å². The minimum atomic E-state index is -0.934. The second kappa shape index (κ2) is 9.99. The van der Waals surface area contributed by atoms with Gasteiger partial charge in [0.1, 0.15) is 5.82 Å². The smallest absolute Gasteiger partial charge is 0.407 e. The summed E-state index contributed by atoms with van der Waals surface area (Å²) in [5, 5.41) is 12.2. The van der Waals surface area contributed by atoms with E-state index >= 15 is 0 Å². The van der Waals surface area contributed by atoms with Crippen LogP contribution in [0, 0.1) is 23.5 Å². The van der Waals surface area contributed by atoms with Crippen molar-refractivity contribution in [1.29, 1.82) is 0 Å². The minimum Gasteiger partial charge on any atom is -0.407 e. The molecule has 0 bridgehead atoms. The third-order valence-corrected chi connectivity index (χ3v) is 7.48. The summed E-state index contributed by atoms with van der Waals surface area (Å²) in [6.07, 6.45) is 1.70. The van der Waals surface area contributed by atoms with E-state index in [1.807, 2.05) is 16.8 Å². The van der Waals surface area contributed by atoms with Gasteiger partial charge in [-0.2, -0.15) is 0 Å². The van der Waals surface area contributed by atoms with E-state index in [1.165, 1.54) is 0 Å². The average molecular weight is 495 g/mol. The predicted octanol–water partition coefficient (Wildman–Crippen LogP) is 2.76. The fourth-order valence-corrected chi connectivity index (χ4v) is 6.11. The van der Waals surface area contributed by atoms with Crippen LogP contribution in [-0.4, -0.2) is 81.8 Å². The van der Waals surface area contributed by atoms with Gasteiger partial charge in [0.25, 0.3) is 0 Å². The summed E-state index contributed by atoms with van der Waals surface area (Å²) in [4.78, 5) is 29.2. The Kier molecular flexibility index (Phi) is 7.36. The van der Waals surface area contributed by atoms with Crippen LogP contribution in [0.3, 0.4) is 0 Å². The Morgan fingerprint density at radius 1 is 1.17 bits per heavy atom. The number of piperazine rings is 1. The maximum absolute atomic E-state index is 14.2. The SMILES string of the molecule is CC(=O)N1C2CCC(C3CNN(CC(C)(C)O)C3)CC2N(C(=O)Oc2ccc(F)cc2F)C[C@@H]1C. The molecule has 4 unspecified atom stereocenters. The van der Waals surface area contributed by atoms with Crippen molar-refractivity contribution in [3.05, 3.63) is 29.8 Å². The Labute approximate surface area is 205 Å². The highest BCUT2D eigenvalue weighted by molar-refractivity contribution is 5.76. The molecule has 1 aromatic rings. The molecule has 1 aliphatic carbocycles. The van der Waals surface area contributed by atoms with Crippen molar-refractivity contribution >= 4 is 12.0 Å². The zero-order valence-electron chi connectivity index (χ0n) is 20.8. The second-order valence-electron chi connectivity index (χ2n) is 10.9. The maximum Gasteiger partial charge on any atom is 0.415 e. The number of hydrogen-bond donors (Lipinski definition) is 2. The summed E-state index contributed by atoms with van der Waals surface area (Å²) in [6, 6.07) is 2.25. The molecule has 194 valence electrons. The topological polar surface area (TPSA) is 85.4 Å². The lowest BCUT2D eigenvalue weighted by Gasteiger charge is -2.54.